The molecule has 0 bridgehead atoms. The first-order valence-electron chi connectivity index (χ1n) is 3.44. The minimum Gasteiger partial charge on any atom is -0.329 e. The number of allylic oxidation sites excluding steroid dienone is 3. The van der Waals surface area contributed by atoms with E-state index in [0.29, 0.717) is 6.41 Å². The van der Waals surface area contributed by atoms with E-state index in [0.717, 1.165) is 24.1 Å². The summed E-state index contributed by atoms with van der Waals surface area (Å²) >= 11 is 0. The third kappa shape index (κ3) is 1.98. The number of carbonyl (C=O) groups is 1. The monoisotopic (exact) mass is 147 g/mol. The zero-order chi connectivity index (χ0) is 8.10. The lowest BCUT2D eigenvalue weighted by molar-refractivity contribution is -0.108. The second kappa shape index (κ2) is 3.62. The summed E-state index contributed by atoms with van der Waals surface area (Å²) in [5.41, 5.74) is 1.75. The van der Waals surface area contributed by atoms with Crippen LogP contribution in [0.1, 0.15) is 12.8 Å². The predicted octanol–water partition coefficient (Wildman–Crippen LogP) is 0.970. The fourth-order valence-corrected chi connectivity index (χ4v) is 0.984. The van der Waals surface area contributed by atoms with Crippen molar-refractivity contribution in [1.29, 1.82) is 0 Å². The molecule has 1 aliphatic carbocycles. The molecule has 2 heteroatoms. The van der Waals surface area contributed by atoms with Crippen molar-refractivity contribution in [2.24, 2.45) is 0 Å². The molecule has 0 saturated carbocycles. The van der Waals surface area contributed by atoms with Gasteiger partial charge in [-0.05, 0) is 18.9 Å². The average molecular weight is 147 g/mol. The Morgan fingerprint density at radius 3 is 3.18 bits per heavy atom. The molecule has 0 spiro atoms. The quantitative estimate of drug-likeness (QED) is 0.457. The van der Waals surface area contributed by atoms with E-state index in [1.807, 2.05) is 12.2 Å². The molecule has 0 radical (unpaired) electrons. The second-order valence-electron chi connectivity index (χ2n) is 2.27. The lowest BCUT2D eigenvalue weighted by Crippen LogP contribution is -2.10. The minimum absolute atomic E-state index is 0.655. The van der Waals surface area contributed by atoms with Crippen molar-refractivity contribution in [3.63, 3.8) is 0 Å². The van der Waals surface area contributed by atoms with Crippen molar-refractivity contribution < 1.29 is 4.79 Å². The van der Waals surface area contributed by atoms with Gasteiger partial charge in [-0.15, -0.1) is 6.42 Å². The molecule has 0 aliphatic heterocycles. The minimum atomic E-state index is 0.655. The number of nitrogens with one attached hydrogen (secondary N) is 1. The summed E-state index contributed by atoms with van der Waals surface area (Å²) < 4.78 is 0. The van der Waals surface area contributed by atoms with Gasteiger partial charge >= 0.3 is 0 Å². The van der Waals surface area contributed by atoms with E-state index >= 15 is 0 Å². The third-order valence-corrected chi connectivity index (χ3v) is 1.52. The van der Waals surface area contributed by atoms with Crippen LogP contribution in [0.3, 0.4) is 0 Å². The Kier molecular flexibility index (Phi) is 2.51. The molecule has 0 saturated heterocycles. The van der Waals surface area contributed by atoms with Crippen LogP contribution in [-0.2, 0) is 4.79 Å². The average Bonchev–Trinajstić information content (AvgIpc) is 2.06. The van der Waals surface area contributed by atoms with E-state index in [9.17, 15) is 4.79 Å². The van der Waals surface area contributed by atoms with Crippen LogP contribution in [0.4, 0.5) is 0 Å². The van der Waals surface area contributed by atoms with Gasteiger partial charge in [-0.1, -0.05) is 12.0 Å². The zero-order valence-electron chi connectivity index (χ0n) is 6.13. The Balaban J connectivity index is 2.69. The largest absolute Gasteiger partial charge is 0.329 e. The summed E-state index contributed by atoms with van der Waals surface area (Å²) in [6.45, 7) is 0. The van der Waals surface area contributed by atoms with E-state index < -0.39 is 0 Å². The van der Waals surface area contributed by atoms with E-state index in [2.05, 4.69) is 11.2 Å². The normalized spacial score (nSPS) is 15.9. The van der Waals surface area contributed by atoms with Gasteiger partial charge in [0.2, 0.25) is 6.41 Å². The summed E-state index contributed by atoms with van der Waals surface area (Å²) in [5, 5.41) is 2.56. The summed E-state index contributed by atoms with van der Waals surface area (Å²) in [7, 11) is 0. The van der Waals surface area contributed by atoms with Crippen molar-refractivity contribution >= 4 is 6.41 Å². The molecular weight excluding hydrogens is 138 g/mol. The SMILES string of the molecule is C#CC1=CC(NC=O)=CCC1. The van der Waals surface area contributed by atoms with Gasteiger partial charge in [0.05, 0.1) is 0 Å². The maximum Gasteiger partial charge on any atom is 0.211 e. The van der Waals surface area contributed by atoms with Gasteiger partial charge in [-0.2, -0.15) is 0 Å². The fourth-order valence-electron chi connectivity index (χ4n) is 0.984. The Bertz CT molecular complexity index is 255. The highest BCUT2D eigenvalue weighted by Gasteiger charge is 2.01. The van der Waals surface area contributed by atoms with Crippen molar-refractivity contribution in [3.8, 4) is 12.3 Å². The van der Waals surface area contributed by atoms with Crippen LogP contribution in [0.15, 0.2) is 23.4 Å². The molecule has 0 fully saturated rings. The highest BCUT2D eigenvalue weighted by Crippen LogP contribution is 2.13. The molecule has 1 amide bonds. The first-order chi connectivity index (χ1) is 5.36. The number of amides is 1. The molecule has 0 aromatic carbocycles. The molecule has 1 rings (SSSR count). The number of hydrogen-bond donors (Lipinski definition) is 1. The number of terminal acetylenes is 1. The smallest absolute Gasteiger partial charge is 0.211 e. The maximum atomic E-state index is 10.0. The highest BCUT2D eigenvalue weighted by atomic mass is 16.1. The summed E-state index contributed by atoms with van der Waals surface area (Å²) in [4.78, 5) is 10.0. The highest BCUT2D eigenvalue weighted by molar-refractivity contribution is 5.53. The van der Waals surface area contributed by atoms with E-state index in [-0.39, 0.29) is 0 Å². The molecule has 11 heavy (non-hydrogen) atoms. The van der Waals surface area contributed by atoms with Crippen LogP contribution in [0, 0.1) is 12.3 Å². The van der Waals surface area contributed by atoms with E-state index in [1.54, 1.807) is 0 Å². The number of carbonyl (C=O) groups excluding carboxylic acids is 1. The van der Waals surface area contributed by atoms with Gasteiger partial charge < -0.3 is 5.32 Å². The Labute approximate surface area is 66.0 Å². The third-order valence-electron chi connectivity index (χ3n) is 1.52. The lowest BCUT2D eigenvalue weighted by atomic mass is 10.0. The molecule has 1 N–H and O–H groups in total. The first-order valence-corrected chi connectivity index (χ1v) is 3.44. The summed E-state index contributed by atoms with van der Waals surface area (Å²) in [5.74, 6) is 2.56. The topological polar surface area (TPSA) is 29.1 Å². The van der Waals surface area contributed by atoms with E-state index in [4.69, 9.17) is 6.42 Å². The zero-order valence-corrected chi connectivity index (χ0v) is 6.13. The van der Waals surface area contributed by atoms with Crippen LogP contribution in [0.2, 0.25) is 0 Å². The van der Waals surface area contributed by atoms with Crippen LogP contribution in [0.25, 0.3) is 0 Å². The van der Waals surface area contributed by atoms with Crippen molar-refractivity contribution in [2.75, 3.05) is 0 Å². The Hall–Kier alpha value is -1.49. The molecule has 1 aliphatic rings. The van der Waals surface area contributed by atoms with Crippen LogP contribution < -0.4 is 5.32 Å². The first kappa shape index (κ1) is 7.62. The maximum absolute atomic E-state index is 10.0. The molecule has 0 unspecified atom stereocenters. The molecule has 0 aromatic heterocycles. The van der Waals surface area contributed by atoms with Gasteiger partial charge in [-0.25, -0.2) is 0 Å². The van der Waals surface area contributed by atoms with Crippen LogP contribution in [-0.4, -0.2) is 6.41 Å². The van der Waals surface area contributed by atoms with E-state index in [1.165, 1.54) is 0 Å². The molecule has 0 atom stereocenters. The summed E-state index contributed by atoms with van der Waals surface area (Å²) in [6, 6.07) is 0. The van der Waals surface area contributed by atoms with Gasteiger partial charge in [0.1, 0.15) is 0 Å². The molecular formula is C9H9NO. The van der Waals surface area contributed by atoms with Crippen molar-refractivity contribution in [3.05, 3.63) is 23.4 Å². The fraction of sp³-hybridized carbons (Fsp3) is 0.222. The molecule has 56 valence electrons. The number of rotatable bonds is 2. The van der Waals surface area contributed by atoms with Gasteiger partial charge in [-0.3, -0.25) is 4.79 Å². The van der Waals surface area contributed by atoms with Gasteiger partial charge in [0.25, 0.3) is 0 Å². The molecule has 0 aromatic rings. The summed E-state index contributed by atoms with van der Waals surface area (Å²) in [6.07, 6.45) is 11.4. The van der Waals surface area contributed by atoms with Gasteiger partial charge in [0, 0.05) is 11.3 Å². The Morgan fingerprint density at radius 2 is 2.55 bits per heavy atom. The molecule has 0 heterocycles. The predicted molar refractivity (Wildman–Crippen MR) is 43.4 cm³/mol. The molecule has 2 nitrogen and oxygen atoms in total. The standard InChI is InChI=1S/C9H9NO/c1-2-8-4-3-5-9(6-8)10-7-11/h1,5-7H,3-4H2,(H,10,11). The van der Waals surface area contributed by atoms with Crippen molar-refractivity contribution in [2.45, 2.75) is 12.8 Å². The van der Waals surface area contributed by atoms with Crippen LogP contribution >= 0.6 is 0 Å². The number of hydrogen-bond acceptors (Lipinski definition) is 1. The van der Waals surface area contributed by atoms with Crippen molar-refractivity contribution in [1.82, 2.24) is 5.32 Å². The van der Waals surface area contributed by atoms with Crippen LogP contribution in [0.5, 0.6) is 0 Å². The second-order valence-corrected chi connectivity index (χ2v) is 2.27. The van der Waals surface area contributed by atoms with Gasteiger partial charge in [0.15, 0.2) is 0 Å². The Morgan fingerprint density at radius 1 is 1.73 bits per heavy atom. The lowest BCUT2D eigenvalue weighted by Gasteiger charge is -2.07.